The monoisotopic (exact) mass is 442 g/mol. The summed E-state index contributed by atoms with van der Waals surface area (Å²) in [6, 6.07) is 10.5. The zero-order valence-electron chi connectivity index (χ0n) is 18.5. The van der Waals surface area contributed by atoms with E-state index in [4.69, 9.17) is 19.4 Å². The Kier molecular flexibility index (Phi) is 6.66. The lowest BCUT2D eigenvalue weighted by Crippen LogP contribution is -2.47. The van der Waals surface area contributed by atoms with Crippen molar-refractivity contribution >= 4 is 17.6 Å². The van der Waals surface area contributed by atoms with Crippen LogP contribution in [0.2, 0.25) is 0 Å². The van der Waals surface area contributed by atoms with Crippen molar-refractivity contribution in [1.82, 2.24) is 14.9 Å². The first-order chi connectivity index (χ1) is 15.8. The molecule has 3 saturated heterocycles. The highest BCUT2D eigenvalue weighted by molar-refractivity contribution is 5.58. The number of rotatable bonds is 5. The largest absolute Gasteiger partial charge is 0.378 e. The predicted octanol–water partition coefficient (Wildman–Crippen LogP) is 1.61. The highest BCUT2D eigenvalue weighted by atomic mass is 19.1. The van der Waals surface area contributed by atoms with Gasteiger partial charge in [-0.2, -0.15) is 14.4 Å². The van der Waals surface area contributed by atoms with Crippen LogP contribution < -0.4 is 14.7 Å². The van der Waals surface area contributed by atoms with Crippen molar-refractivity contribution in [2.24, 2.45) is 0 Å². The maximum atomic E-state index is 15.6. The fourth-order valence-corrected chi connectivity index (χ4v) is 4.47. The minimum atomic E-state index is -0.333. The zero-order chi connectivity index (χ0) is 21.8. The summed E-state index contributed by atoms with van der Waals surface area (Å²) in [6.45, 7) is 9.35. The van der Waals surface area contributed by atoms with E-state index in [1.807, 2.05) is 15.9 Å². The van der Waals surface area contributed by atoms with Crippen LogP contribution in [-0.2, 0) is 16.0 Å². The molecule has 3 aliphatic heterocycles. The van der Waals surface area contributed by atoms with Gasteiger partial charge in [0, 0.05) is 58.9 Å². The lowest BCUT2D eigenvalue weighted by molar-refractivity contribution is 0.121. The van der Waals surface area contributed by atoms with E-state index in [1.165, 1.54) is 5.56 Å². The van der Waals surface area contributed by atoms with Gasteiger partial charge in [-0.15, -0.1) is 0 Å². The van der Waals surface area contributed by atoms with Gasteiger partial charge in [-0.3, -0.25) is 4.90 Å². The number of ether oxygens (including phenoxy) is 2. The van der Waals surface area contributed by atoms with E-state index in [2.05, 4.69) is 34.1 Å². The Hall–Kier alpha value is -2.49. The molecule has 8 nitrogen and oxygen atoms in total. The third-order valence-corrected chi connectivity index (χ3v) is 6.33. The molecular weight excluding hydrogens is 411 g/mol. The van der Waals surface area contributed by atoms with Crippen LogP contribution in [-0.4, -0.2) is 93.7 Å². The summed E-state index contributed by atoms with van der Waals surface area (Å²) in [6.07, 6.45) is 0. The standard InChI is InChI=1S/C23H31FN6O2/c24-20-21(28-10-14-31-15-11-28)25-23(26-22(20)29-12-16-32-17-13-29)30-8-6-27(7-9-30)18-19-4-2-1-3-5-19/h1-5H,6-18H2. The van der Waals surface area contributed by atoms with E-state index >= 15 is 4.39 Å². The highest BCUT2D eigenvalue weighted by Gasteiger charge is 2.28. The number of hydrogen-bond donors (Lipinski definition) is 0. The van der Waals surface area contributed by atoms with Gasteiger partial charge in [0.25, 0.3) is 0 Å². The van der Waals surface area contributed by atoms with Crippen LogP contribution in [0.4, 0.5) is 22.0 Å². The van der Waals surface area contributed by atoms with E-state index in [-0.39, 0.29) is 5.82 Å². The summed E-state index contributed by atoms with van der Waals surface area (Å²) in [7, 11) is 0. The van der Waals surface area contributed by atoms with Crippen LogP contribution in [0.5, 0.6) is 0 Å². The van der Waals surface area contributed by atoms with Crippen molar-refractivity contribution in [3.8, 4) is 0 Å². The van der Waals surface area contributed by atoms with Gasteiger partial charge in [0.2, 0.25) is 11.8 Å². The van der Waals surface area contributed by atoms with Gasteiger partial charge in [0.1, 0.15) is 0 Å². The van der Waals surface area contributed by atoms with E-state index in [0.29, 0.717) is 70.2 Å². The van der Waals surface area contributed by atoms with E-state index in [9.17, 15) is 0 Å². The van der Waals surface area contributed by atoms with Gasteiger partial charge in [0.05, 0.1) is 26.4 Å². The molecule has 0 N–H and O–H groups in total. The maximum Gasteiger partial charge on any atom is 0.229 e. The number of anilines is 3. The molecule has 3 aliphatic rings. The molecule has 172 valence electrons. The SMILES string of the molecule is Fc1c(N2CCOCC2)nc(N2CCN(Cc3ccccc3)CC2)nc1N1CCOCC1. The zero-order valence-corrected chi connectivity index (χ0v) is 18.5. The molecule has 9 heteroatoms. The molecule has 0 spiro atoms. The number of piperazine rings is 1. The Morgan fingerprint density at radius 2 is 1.22 bits per heavy atom. The van der Waals surface area contributed by atoms with Crippen LogP contribution in [0.25, 0.3) is 0 Å². The lowest BCUT2D eigenvalue weighted by atomic mass is 10.2. The fraction of sp³-hybridized carbons (Fsp3) is 0.565. The molecule has 4 heterocycles. The molecule has 5 rings (SSSR count). The summed E-state index contributed by atoms with van der Waals surface area (Å²) in [5.74, 6) is 1.08. The highest BCUT2D eigenvalue weighted by Crippen LogP contribution is 2.30. The van der Waals surface area contributed by atoms with Crippen LogP contribution >= 0.6 is 0 Å². The first kappa shape index (κ1) is 21.4. The molecular formula is C23H31FN6O2. The van der Waals surface area contributed by atoms with Gasteiger partial charge >= 0.3 is 0 Å². The first-order valence-electron chi connectivity index (χ1n) is 11.5. The molecule has 0 bridgehead atoms. The third-order valence-electron chi connectivity index (χ3n) is 6.33. The molecule has 32 heavy (non-hydrogen) atoms. The summed E-state index contributed by atoms with van der Waals surface area (Å²) in [5, 5.41) is 0. The Morgan fingerprint density at radius 1 is 0.688 bits per heavy atom. The topological polar surface area (TPSA) is 57.2 Å². The summed E-state index contributed by atoms with van der Waals surface area (Å²) >= 11 is 0. The number of nitrogens with zero attached hydrogens (tertiary/aromatic N) is 6. The Morgan fingerprint density at radius 3 is 1.75 bits per heavy atom. The summed E-state index contributed by atoms with van der Waals surface area (Å²) in [5.41, 5.74) is 1.32. The van der Waals surface area contributed by atoms with Crippen molar-refractivity contribution in [2.45, 2.75) is 6.54 Å². The molecule has 1 aromatic carbocycles. The van der Waals surface area contributed by atoms with Crippen molar-refractivity contribution in [1.29, 1.82) is 0 Å². The van der Waals surface area contributed by atoms with E-state index in [1.54, 1.807) is 0 Å². The molecule has 0 amide bonds. The minimum Gasteiger partial charge on any atom is -0.378 e. The molecule has 3 fully saturated rings. The fourth-order valence-electron chi connectivity index (χ4n) is 4.47. The molecule has 0 unspecified atom stereocenters. The predicted molar refractivity (Wildman–Crippen MR) is 122 cm³/mol. The van der Waals surface area contributed by atoms with Crippen LogP contribution in [0.15, 0.2) is 30.3 Å². The quantitative estimate of drug-likeness (QED) is 0.693. The summed E-state index contributed by atoms with van der Waals surface area (Å²) in [4.78, 5) is 18.0. The second-order valence-electron chi connectivity index (χ2n) is 8.43. The van der Waals surface area contributed by atoms with Crippen LogP contribution in [0, 0.1) is 5.82 Å². The number of benzene rings is 1. The van der Waals surface area contributed by atoms with Gasteiger partial charge in [0.15, 0.2) is 11.6 Å². The summed E-state index contributed by atoms with van der Waals surface area (Å²) < 4.78 is 26.5. The van der Waals surface area contributed by atoms with E-state index < -0.39 is 0 Å². The van der Waals surface area contributed by atoms with E-state index in [0.717, 1.165) is 32.7 Å². The Labute approximate surface area is 188 Å². The molecule has 0 radical (unpaired) electrons. The second kappa shape index (κ2) is 9.97. The van der Waals surface area contributed by atoms with Crippen molar-refractivity contribution in [3.63, 3.8) is 0 Å². The molecule has 0 saturated carbocycles. The van der Waals surface area contributed by atoms with Crippen LogP contribution in [0.1, 0.15) is 5.56 Å². The molecule has 0 aliphatic carbocycles. The van der Waals surface area contributed by atoms with Crippen LogP contribution in [0.3, 0.4) is 0 Å². The number of aromatic nitrogens is 2. The van der Waals surface area contributed by atoms with Gasteiger partial charge < -0.3 is 24.2 Å². The third kappa shape index (κ3) is 4.79. The Bertz CT molecular complexity index is 842. The lowest BCUT2D eigenvalue weighted by Gasteiger charge is -2.36. The molecule has 1 aromatic heterocycles. The smallest absolute Gasteiger partial charge is 0.229 e. The Balaban J connectivity index is 1.35. The number of halogens is 1. The number of hydrogen-bond acceptors (Lipinski definition) is 8. The number of morpholine rings is 2. The van der Waals surface area contributed by atoms with Gasteiger partial charge in [-0.05, 0) is 5.56 Å². The maximum absolute atomic E-state index is 15.6. The average molecular weight is 443 g/mol. The van der Waals surface area contributed by atoms with Crippen molar-refractivity contribution < 1.29 is 13.9 Å². The normalized spacial score (nSPS) is 20.6. The molecule has 2 aromatic rings. The van der Waals surface area contributed by atoms with Crippen molar-refractivity contribution in [2.75, 3.05) is 93.5 Å². The van der Waals surface area contributed by atoms with Crippen molar-refractivity contribution in [3.05, 3.63) is 41.7 Å². The van der Waals surface area contributed by atoms with Gasteiger partial charge in [-0.25, -0.2) is 0 Å². The average Bonchev–Trinajstić information content (AvgIpc) is 2.86. The minimum absolute atomic E-state index is 0.333. The first-order valence-corrected chi connectivity index (χ1v) is 11.5. The van der Waals surface area contributed by atoms with Gasteiger partial charge in [-0.1, -0.05) is 30.3 Å². The second-order valence-corrected chi connectivity index (χ2v) is 8.43. The molecule has 0 atom stereocenters.